The molecule has 1 aromatic heterocycles. The first-order valence-electron chi connectivity index (χ1n) is 6.81. The molecular weight excluding hydrogens is 276 g/mol. The Bertz CT molecular complexity index is 503. The molecule has 0 bridgehead atoms. The molecule has 0 radical (unpaired) electrons. The van der Waals surface area contributed by atoms with Crippen LogP contribution < -0.4 is 4.90 Å². The highest BCUT2D eigenvalue weighted by molar-refractivity contribution is 5.85. The fourth-order valence-corrected chi connectivity index (χ4v) is 2.19. The van der Waals surface area contributed by atoms with Crippen LogP contribution in [0, 0.1) is 0 Å². The molecule has 1 aliphatic rings. The summed E-state index contributed by atoms with van der Waals surface area (Å²) < 4.78 is 10.3. The highest BCUT2D eigenvalue weighted by atomic mass is 16.6. The molecule has 0 unspecified atom stereocenters. The zero-order chi connectivity index (χ0) is 15.2. The first-order valence-corrected chi connectivity index (χ1v) is 6.81. The lowest BCUT2D eigenvalue weighted by molar-refractivity contribution is -0.150. The number of ether oxygens (including phenoxy) is 2. The average Bonchev–Trinajstić information content (AvgIpc) is 2.94. The van der Waals surface area contributed by atoms with Gasteiger partial charge in [0.25, 0.3) is 0 Å². The van der Waals surface area contributed by atoms with E-state index in [1.165, 1.54) is 12.3 Å². The van der Waals surface area contributed by atoms with Gasteiger partial charge in [0.1, 0.15) is 12.3 Å². The number of carboxylic acid groups (broad SMARTS) is 1. The number of hydrogen-bond donors (Lipinski definition) is 1. The zero-order valence-electron chi connectivity index (χ0n) is 11.8. The highest BCUT2D eigenvalue weighted by Crippen LogP contribution is 2.21. The number of esters is 1. The molecule has 0 aliphatic carbocycles. The summed E-state index contributed by atoms with van der Waals surface area (Å²) in [6.45, 7) is 3.49. The molecule has 7 heteroatoms. The Morgan fingerprint density at radius 3 is 2.90 bits per heavy atom. The SMILES string of the molecule is CCOC(=O)CO[C@H]1CCN(c2ccc(C(=O)O)nc2)C1. The van der Waals surface area contributed by atoms with Crippen LogP contribution in [0.15, 0.2) is 18.3 Å². The normalized spacial score (nSPS) is 17.8. The number of anilines is 1. The molecule has 0 spiro atoms. The van der Waals surface area contributed by atoms with Gasteiger partial charge in [0.15, 0.2) is 0 Å². The van der Waals surface area contributed by atoms with E-state index in [0.29, 0.717) is 13.2 Å². The second-order valence-electron chi connectivity index (χ2n) is 4.68. The van der Waals surface area contributed by atoms with Gasteiger partial charge in [-0.15, -0.1) is 0 Å². The largest absolute Gasteiger partial charge is 0.477 e. The van der Waals surface area contributed by atoms with E-state index in [1.54, 1.807) is 13.0 Å². The summed E-state index contributed by atoms with van der Waals surface area (Å²) >= 11 is 0. The third-order valence-corrected chi connectivity index (χ3v) is 3.22. The predicted molar refractivity (Wildman–Crippen MR) is 74.4 cm³/mol. The molecule has 2 rings (SSSR count). The lowest BCUT2D eigenvalue weighted by atomic mass is 10.3. The van der Waals surface area contributed by atoms with Gasteiger partial charge in [0.2, 0.25) is 0 Å². The van der Waals surface area contributed by atoms with Gasteiger partial charge in [0.05, 0.1) is 24.6 Å². The maximum absolute atomic E-state index is 11.2. The van der Waals surface area contributed by atoms with Gasteiger partial charge < -0.3 is 19.5 Å². The summed E-state index contributed by atoms with van der Waals surface area (Å²) in [5.74, 6) is -1.40. The Balaban J connectivity index is 1.84. The molecule has 1 aromatic rings. The molecule has 1 atom stereocenters. The molecule has 1 aliphatic heterocycles. The van der Waals surface area contributed by atoms with Gasteiger partial charge in [-0.25, -0.2) is 14.6 Å². The number of hydrogen-bond acceptors (Lipinski definition) is 6. The van der Waals surface area contributed by atoms with Crippen molar-refractivity contribution in [2.75, 3.05) is 31.2 Å². The number of nitrogens with zero attached hydrogens (tertiary/aromatic N) is 2. The smallest absolute Gasteiger partial charge is 0.354 e. The lowest BCUT2D eigenvalue weighted by Gasteiger charge is -2.18. The van der Waals surface area contributed by atoms with Gasteiger partial charge in [-0.05, 0) is 25.5 Å². The van der Waals surface area contributed by atoms with E-state index in [2.05, 4.69) is 9.88 Å². The Kier molecular flexibility index (Phi) is 5.10. The Labute approximate surface area is 122 Å². The summed E-state index contributed by atoms with van der Waals surface area (Å²) in [7, 11) is 0. The molecule has 114 valence electrons. The Morgan fingerprint density at radius 2 is 2.29 bits per heavy atom. The van der Waals surface area contributed by atoms with E-state index in [9.17, 15) is 9.59 Å². The maximum atomic E-state index is 11.2. The third kappa shape index (κ3) is 4.16. The number of carbonyl (C=O) groups excluding carboxylic acids is 1. The van der Waals surface area contributed by atoms with Crippen LogP contribution in [0.5, 0.6) is 0 Å². The minimum absolute atomic E-state index is 0.0214. The van der Waals surface area contributed by atoms with Crippen LogP contribution in [-0.2, 0) is 14.3 Å². The second-order valence-corrected chi connectivity index (χ2v) is 4.68. The first-order chi connectivity index (χ1) is 10.1. The number of carbonyl (C=O) groups is 2. The van der Waals surface area contributed by atoms with Crippen molar-refractivity contribution in [3.05, 3.63) is 24.0 Å². The van der Waals surface area contributed by atoms with Gasteiger partial charge in [0, 0.05) is 13.1 Å². The molecule has 2 heterocycles. The lowest BCUT2D eigenvalue weighted by Crippen LogP contribution is -2.25. The average molecular weight is 294 g/mol. The van der Waals surface area contributed by atoms with E-state index in [-0.39, 0.29) is 24.4 Å². The predicted octanol–water partition coefficient (Wildman–Crippen LogP) is 0.938. The van der Waals surface area contributed by atoms with Crippen molar-refractivity contribution in [3.8, 4) is 0 Å². The van der Waals surface area contributed by atoms with E-state index >= 15 is 0 Å². The summed E-state index contributed by atoms with van der Waals surface area (Å²) in [5.41, 5.74) is 0.871. The molecule has 21 heavy (non-hydrogen) atoms. The van der Waals surface area contributed by atoms with E-state index in [1.807, 2.05) is 0 Å². The van der Waals surface area contributed by atoms with Crippen molar-refractivity contribution in [1.82, 2.24) is 4.98 Å². The van der Waals surface area contributed by atoms with Crippen LogP contribution in [0.4, 0.5) is 5.69 Å². The Hall–Kier alpha value is -2.15. The van der Waals surface area contributed by atoms with Crippen molar-refractivity contribution >= 4 is 17.6 Å². The topological polar surface area (TPSA) is 89.0 Å². The molecule has 1 saturated heterocycles. The summed E-state index contributed by atoms with van der Waals surface area (Å²) in [5, 5.41) is 8.81. The van der Waals surface area contributed by atoms with Crippen LogP contribution in [0.2, 0.25) is 0 Å². The standard InChI is InChI=1S/C14H18N2O5/c1-2-20-13(17)9-21-11-5-6-16(8-11)10-3-4-12(14(18)19)15-7-10/h3-4,7,11H,2,5-6,8-9H2,1H3,(H,18,19)/t11-/m0/s1. The van der Waals surface area contributed by atoms with E-state index in [4.69, 9.17) is 14.6 Å². The van der Waals surface area contributed by atoms with Crippen LogP contribution in [0.25, 0.3) is 0 Å². The number of rotatable bonds is 6. The minimum atomic E-state index is -1.04. The van der Waals surface area contributed by atoms with Gasteiger partial charge >= 0.3 is 11.9 Å². The minimum Gasteiger partial charge on any atom is -0.477 e. The molecular formula is C14H18N2O5. The number of pyridine rings is 1. The quantitative estimate of drug-likeness (QED) is 0.781. The van der Waals surface area contributed by atoms with Crippen LogP contribution in [0.1, 0.15) is 23.8 Å². The van der Waals surface area contributed by atoms with Crippen molar-refractivity contribution < 1.29 is 24.2 Å². The number of carboxylic acids is 1. The van der Waals surface area contributed by atoms with Gasteiger partial charge in [-0.2, -0.15) is 0 Å². The highest BCUT2D eigenvalue weighted by Gasteiger charge is 2.24. The molecule has 1 fully saturated rings. The van der Waals surface area contributed by atoms with E-state index < -0.39 is 5.97 Å². The summed E-state index contributed by atoms with van der Waals surface area (Å²) in [6, 6.07) is 3.20. The second kappa shape index (κ2) is 7.03. The maximum Gasteiger partial charge on any atom is 0.354 e. The molecule has 0 aromatic carbocycles. The van der Waals surface area contributed by atoms with E-state index in [0.717, 1.165) is 18.7 Å². The molecule has 7 nitrogen and oxygen atoms in total. The van der Waals surface area contributed by atoms with Crippen LogP contribution in [0.3, 0.4) is 0 Å². The number of aromatic carboxylic acids is 1. The van der Waals surface area contributed by atoms with Gasteiger partial charge in [-0.3, -0.25) is 0 Å². The number of aromatic nitrogens is 1. The molecule has 0 saturated carbocycles. The van der Waals surface area contributed by atoms with Crippen LogP contribution in [-0.4, -0.2) is 54.4 Å². The third-order valence-electron chi connectivity index (χ3n) is 3.22. The fraction of sp³-hybridized carbons (Fsp3) is 0.500. The monoisotopic (exact) mass is 294 g/mol. The van der Waals surface area contributed by atoms with Crippen molar-refractivity contribution in [2.45, 2.75) is 19.4 Å². The zero-order valence-corrected chi connectivity index (χ0v) is 11.8. The Morgan fingerprint density at radius 1 is 1.48 bits per heavy atom. The van der Waals surface area contributed by atoms with Crippen molar-refractivity contribution in [3.63, 3.8) is 0 Å². The van der Waals surface area contributed by atoms with Gasteiger partial charge in [-0.1, -0.05) is 0 Å². The fourth-order valence-electron chi connectivity index (χ4n) is 2.19. The van der Waals surface area contributed by atoms with Crippen LogP contribution >= 0.6 is 0 Å². The molecule has 0 amide bonds. The summed E-state index contributed by atoms with van der Waals surface area (Å²) in [4.78, 5) is 27.9. The van der Waals surface area contributed by atoms with Crippen molar-refractivity contribution in [1.29, 1.82) is 0 Å². The summed E-state index contributed by atoms with van der Waals surface area (Å²) in [6.07, 6.45) is 2.31. The van der Waals surface area contributed by atoms with Crippen molar-refractivity contribution in [2.24, 2.45) is 0 Å². The molecule has 1 N–H and O–H groups in total. The first kappa shape index (κ1) is 15.2.